The molecule has 1 heterocycles. The summed E-state index contributed by atoms with van der Waals surface area (Å²) in [5.74, 6) is -1.03. The minimum Gasteiger partial charge on any atom is -0.506 e. The van der Waals surface area contributed by atoms with E-state index >= 15 is 0 Å². The Hall–Kier alpha value is -3.66. The highest BCUT2D eigenvalue weighted by atomic mass is 16.5. The van der Waals surface area contributed by atoms with Gasteiger partial charge in [0.15, 0.2) is 0 Å². The number of benzene rings is 1. The molecule has 0 spiro atoms. The van der Waals surface area contributed by atoms with Crippen LogP contribution in [0.25, 0.3) is 0 Å². The van der Waals surface area contributed by atoms with Crippen LogP contribution in [0.15, 0.2) is 42.6 Å². The lowest BCUT2D eigenvalue weighted by Gasteiger charge is -2.16. The van der Waals surface area contributed by atoms with Crippen molar-refractivity contribution in [3.63, 3.8) is 0 Å². The van der Waals surface area contributed by atoms with Gasteiger partial charge in [-0.15, -0.1) is 0 Å². The highest BCUT2D eigenvalue weighted by molar-refractivity contribution is 5.96. The Morgan fingerprint density at radius 3 is 2.38 bits per heavy atom. The molecule has 29 heavy (non-hydrogen) atoms. The van der Waals surface area contributed by atoms with Gasteiger partial charge in [0.1, 0.15) is 11.8 Å². The van der Waals surface area contributed by atoms with Gasteiger partial charge >= 0.3 is 6.09 Å². The number of carbonyl (C=O) groups excluding carboxylic acids is 2. The van der Waals surface area contributed by atoms with Crippen LogP contribution in [0.3, 0.4) is 0 Å². The average molecular weight is 402 g/mol. The van der Waals surface area contributed by atoms with E-state index in [0.717, 1.165) is 5.56 Å². The van der Waals surface area contributed by atoms with Gasteiger partial charge < -0.3 is 20.8 Å². The molecule has 1 atom stereocenters. The van der Waals surface area contributed by atoms with Crippen molar-refractivity contribution in [2.45, 2.75) is 31.7 Å². The first kappa shape index (κ1) is 21.6. The predicted molar refractivity (Wildman–Crippen MR) is 102 cm³/mol. The van der Waals surface area contributed by atoms with Gasteiger partial charge in [0.05, 0.1) is 6.20 Å². The Kier molecular flexibility index (Phi) is 7.92. The summed E-state index contributed by atoms with van der Waals surface area (Å²) in [6, 6.07) is 8.76. The molecule has 3 amide bonds. The molecule has 1 aromatic carbocycles. The first-order valence-electron chi connectivity index (χ1n) is 8.83. The number of hydrogen-bond acceptors (Lipinski definition) is 6. The summed E-state index contributed by atoms with van der Waals surface area (Å²) < 4.78 is 0. The molecule has 1 aromatic heterocycles. The van der Waals surface area contributed by atoms with Gasteiger partial charge in [-0.2, -0.15) is 0 Å². The molecule has 0 bridgehead atoms. The van der Waals surface area contributed by atoms with Crippen molar-refractivity contribution in [3.05, 3.63) is 53.9 Å². The smallest absolute Gasteiger partial charge is 0.405 e. The number of nitrogens with one attached hydrogen (secondary N) is 3. The van der Waals surface area contributed by atoms with Gasteiger partial charge in [-0.05, 0) is 42.7 Å². The minimum atomic E-state index is -1.34. The van der Waals surface area contributed by atoms with Crippen molar-refractivity contribution < 1.29 is 29.8 Å². The van der Waals surface area contributed by atoms with Crippen LogP contribution in [0.4, 0.5) is 10.5 Å². The monoisotopic (exact) mass is 402 g/mol. The molecule has 0 fully saturated rings. The summed E-state index contributed by atoms with van der Waals surface area (Å²) in [7, 11) is 0. The number of aryl methyl sites for hydroxylation is 1. The van der Waals surface area contributed by atoms with Crippen LogP contribution in [0.1, 0.15) is 24.1 Å². The summed E-state index contributed by atoms with van der Waals surface area (Å²) in [5.41, 5.74) is 3.45. The van der Waals surface area contributed by atoms with Crippen molar-refractivity contribution >= 4 is 23.6 Å². The summed E-state index contributed by atoms with van der Waals surface area (Å²) in [5, 5.41) is 31.5. The van der Waals surface area contributed by atoms with Gasteiger partial charge in [-0.1, -0.05) is 12.1 Å². The fraction of sp³-hybridized carbons (Fsp3) is 0.263. The van der Waals surface area contributed by atoms with Crippen LogP contribution in [-0.2, 0) is 22.4 Å². The average Bonchev–Trinajstić information content (AvgIpc) is 2.70. The third-order valence-corrected chi connectivity index (χ3v) is 4.05. The number of aromatic nitrogens is 1. The van der Waals surface area contributed by atoms with E-state index in [1.165, 1.54) is 18.3 Å². The predicted octanol–water partition coefficient (Wildman–Crippen LogP) is 1.43. The molecule has 0 saturated carbocycles. The lowest BCUT2D eigenvalue weighted by Crippen LogP contribution is -2.44. The zero-order chi connectivity index (χ0) is 21.2. The lowest BCUT2D eigenvalue weighted by atomic mass is 10.1. The van der Waals surface area contributed by atoms with Crippen molar-refractivity contribution in [2.24, 2.45) is 0 Å². The number of pyridine rings is 1. The van der Waals surface area contributed by atoms with Crippen LogP contribution in [0.2, 0.25) is 0 Å². The third-order valence-electron chi connectivity index (χ3n) is 4.05. The van der Waals surface area contributed by atoms with Crippen LogP contribution in [0.5, 0.6) is 5.75 Å². The van der Waals surface area contributed by atoms with Gasteiger partial charge in [-0.3, -0.25) is 19.8 Å². The molecular weight excluding hydrogens is 380 g/mol. The zero-order valence-corrected chi connectivity index (χ0v) is 15.5. The van der Waals surface area contributed by atoms with Crippen molar-refractivity contribution in [1.82, 2.24) is 15.8 Å². The molecule has 154 valence electrons. The lowest BCUT2D eigenvalue weighted by molar-refractivity contribution is -0.129. The summed E-state index contributed by atoms with van der Waals surface area (Å²) in [6.45, 7) is 0. The SMILES string of the molecule is O=C(O)NC(Cc1ccc(O)cn1)C(=O)Nc1ccc(CCCC(=O)NO)cc1. The maximum absolute atomic E-state index is 12.5. The minimum absolute atomic E-state index is 0.0173. The number of carbonyl (C=O) groups is 3. The highest BCUT2D eigenvalue weighted by Crippen LogP contribution is 2.13. The number of anilines is 1. The fourth-order valence-corrected chi connectivity index (χ4v) is 2.60. The molecule has 0 radical (unpaired) electrons. The molecular formula is C19H22N4O6. The fourth-order valence-electron chi connectivity index (χ4n) is 2.60. The van der Waals surface area contributed by atoms with Crippen LogP contribution < -0.4 is 16.1 Å². The highest BCUT2D eigenvalue weighted by Gasteiger charge is 2.22. The normalized spacial score (nSPS) is 11.3. The van der Waals surface area contributed by atoms with Crippen molar-refractivity contribution in [3.8, 4) is 5.75 Å². The first-order chi connectivity index (χ1) is 13.9. The zero-order valence-electron chi connectivity index (χ0n) is 15.5. The Bertz CT molecular complexity index is 839. The number of rotatable bonds is 9. The standard InChI is InChI=1S/C19H22N4O6/c24-15-9-8-14(20-11-15)10-16(22-19(27)28)18(26)21-13-6-4-12(5-7-13)2-1-3-17(25)23-29/h4-9,11,16,22,24,29H,1-3,10H2,(H,21,26)(H,23,25)(H,27,28). The van der Waals surface area contributed by atoms with Crippen LogP contribution in [0, 0.1) is 0 Å². The Balaban J connectivity index is 1.96. The quantitative estimate of drug-likeness (QED) is 0.273. The van der Waals surface area contributed by atoms with Crippen molar-refractivity contribution in [1.29, 1.82) is 0 Å². The number of carboxylic acid groups (broad SMARTS) is 1. The summed E-state index contributed by atoms with van der Waals surface area (Å²) in [4.78, 5) is 38.5. The van der Waals surface area contributed by atoms with E-state index in [1.807, 2.05) is 0 Å². The Morgan fingerprint density at radius 1 is 1.07 bits per heavy atom. The number of amides is 3. The van der Waals surface area contributed by atoms with Gasteiger partial charge in [0.25, 0.3) is 0 Å². The Labute approximate surface area is 166 Å². The molecule has 0 aliphatic heterocycles. The van der Waals surface area contributed by atoms with E-state index in [4.69, 9.17) is 10.3 Å². The van der Waals surface area contributed by atoms with E-state index in [9.17, 15) is 19.5 Å². The molecule has 0 aliphatic carbocycles. The number of hydrogen-bond donors (Lipinski definition) is 6. The maximum Gasteiger partial charge on any atom is 0.405 e. The van der Waals surface area contributed by atoms with Crippen molar-refractivity contribution in [2.75, 3.05) is 5.32 Å². The summed E-state index contributed by atoms with van der Waals surface area (Å²) in [6.07, 6.45) is 1.27. The van der Waals surface area contributed by atoms with Crippen LogP contribution >= 0.6 is 0 Å². The van der Waals surface area contributed by atoms with Gasteiger partial charge in [0, 0.05) is 24.2 Å². The molecule has 0 aliphatic rings. The molecule has 0 saturated heterocycles. The molecule has 2 rings (SSSR count). The maximum atomic E-state index is 12.5. The number of hydroxylamine groups is 1. The van der Waals surface area contributed by atoms with E-state index in [1.54, 1.807) is 29.7 Å². The second kappa shape index (κ2) is 10.6. The van der Waals surface area contributed by atoms with E-state index < -0.39 is 23.9 Å². The van der Waals surface area contributed by atoms with Gasteiger partial charge in [0.2, 0.25) is 11.8 Å². The second-order valence-corrected chi connectivity index (χ2v) is 6.29. The second-order valence-electron chi connectivity index (χ2n) is 6.29. The number of aromatic hydroxyl groups is 1. The van der Waals surface area contributed by atoms with E-state index in [0.29, 0.717) is 24.2 Å². The van der Waals surface area contributed by atoms with Crippen LogP contribution in [-0.4, -0.2) is 44.4 Å². The third kappa shape index (κ3) is 7.46. The molecule has 10 heteroatoms. The topological polar surface area (TPSA) is 161 Å². The molecule has 2 aromatic rings. The first-order valence-corrected chi connectivity index (χ1v) is 8.83. The van der Waals surface area contributed by atoms with Gasteiger partial charge in [-0.25, -0.2) is 10.3 Å². The molecule has 1 unspecified atom stereocenters. The summed E-state index contributed by atoms with van der Waals surface area (Å²) >= 11 is 0. The largest absolute Gasteiger partial charge is 0.506 e. The van der Waals surface area contributed by atoms with E-state index in [-0.39, 0.29) is 18.6 Å². The molecule has 6 N–H and O–H groups in total. The molecule has 10 nitrogen and oxygen atoms in total. The Morgan fingerprint density at radius 2 is 1.79 bits per heavy atom. The number of nitrogens with zero attached hydrogens (tertiary/aromatic N) is 1. The van der Waals surface area contributed by atoms with E-state index in [2.05, 4.69) is 15.6 Å².